The summed E-state index contributed by atoms with van der Waals surface area (Å²) in [4.78, 5) is 0. The molecule has 0 bridgehead atoms. The lowest BCUT2D eigenvalue weighted by Crippen LogP contribution is -2.40. The minimum atomic E-state index is -3.18. The lowest BCUT2D eigenvalue weighted by atomic mass is 10.1. The van der Waals surface area contributed by atoms with Crippen molar-refractivity contribution in [3.8, 4) is 0 Å². The highest BCUT2D eigenvalue weighted by molar-refractivity contribution is 7.89. The molecule has 1 heterocycles. The van der Waals surface area contributed by atoms with E-state index in [0.29, 0.717) is 25.0 Å². The molecule has 3 unspecified atom stereocenters. The van der Waals surface area contributed by atoms with Crippen molar-refractivity contribution in [1.29, 1.82) is 0 Å². The molecule has 5 nitrogen and oxygen atoms in total. The maximum Gasteiger partial charge on any atom is 0.212 e. The molecule has 0 spiro atoms. The molecule has 2 fully saturated rings. The van der Waals surface area contributed by atoms with E-state index in [1.807, 2.05) is 0 Å². The van der Waals surface area contributed by atoms with Crippen molar-refractivity contribution in [3.63, 3.8) is 0 Å². The highest BCUT2D eigenvalue weighted by Gasteiger charge is 2.23. The Morgan fingerprint density at radius 2 is 2.00 bits per heavy atom. The topological polar surface area (TPSA) is 67.4 Å². The zero-order valence-corrected chi connectivity index (χ0v) is 13.3. The summed E-state index contributed by atoms with van der Waals surface area (Å²) in [5, 5.41) is 3.38. The van der Waals surface area contributed by atoms with Gasteiger partial charge in [0, 0.05) is 25.7 Å². The van der Waals surface area contributed by atoms with E-state index in [1.54, 1.807) is 0 Å². The van der Waals surface area contributed by atoms with Crippen molar-refractivity contribution >= 4 is 10.0 Å². The van der Waals surface area contributed by atoms with Crippen LogP contribution in [0.5, 0.6) is 0 Å². The second-order valence-corrected chi connectivity index (χ2v) is 8.05. The van der Waals surface area contributed by atoms with Gasteiger partial charge in [0.1, 0.15) is 0 Å². The number of hydrogen-bond acceptors (Lipinski definition) is 4. The van der Waals surface area contributed by atoms with Crippen LogP contribution in [0.3, 0.4) is 0 Å². The van der Waals surface area contributed by atoms with Crippen LogP contribution in [-0.4, -0.2) is 46.0 Å². The first-order chi connectivity index (χ1) is 9.57. The minimum Gasteiger partial charge on any atom is -0.377 e. The third-order valence-corrected chi connectivity index (χ3v) is 5.79. The van der Waals surface area contributed by atoms with E-state index in [0.717, 1.165) is 25.9 Å². The zero-order chi connectivity index (χ0) is 14.4. The Bertz CT molecular complexity index is 380. The molecular weight excluding hydrogens is 276 g/mol. The average molecular weight is 304 g/mol. The molecule has 2 aliphatic rings. The molecule has 118 valence electrons. The van der Waals surface area contributed by atoms with E-state index in [2.05, 4.69) is 17.0 Å². The van der Waals surface area contributed by atoms with Crippen LogP contribution in [0.2, 0.25) is 0 Å². The van der Waals surface area contributed by atoms with E-state index in [4.69, 9.17) is 4.74 Å². The van der Waals surface area contributed by atoms with E-state index < -0.39 is 10.0 Å². The van der Waals surface area contributed by atoms with Gasteiger partial charge in [-0.3, -0.25) is 0 Å². The molecule has 0 amide bonds. The predicted molar refractivity (Wildman–Crippen MR) is 80.2 cm³/mol. The molecule has 0 aromatic carbocycles. The molecule has 3 atom stereocenters. The zero-order valence-electron chi connectivity index (χ0n) is 12.4. The molecule has 2 N–H and O–H groups in total. The van der Waals surface area contributed by atoms with Crippen LogP contribution in [0.4, 0.5) is 0 Å². The number of ether oxygens (including phenoxy) is 1. The van der Waals surface area contributed by atoms with Crippen molar-refractivity contribution in [3.05, 3.63) is 0 Å². The van der Waals surface area contributed by atoms with Gasteiger partial charge in [-0.15, -0.1) is 0 Å². The molecule has 0 aromatic rings. The maximum absolute atomic E-state index is 11.9. The van der Waals surface area contributed by atoms with Gasteiger partial charge >= 0.3 is 0 Å². The second kappa shape index (κ2) is 7.73. The van der Waals surface area contributed by atoms with Gasteiger partial charge in [0.25, 0.3) is 0 Å². The highest BCUT2D eigenvalue weighted by atomic mass is 32.2. The van der Waals surface area contributed by atoms with E-state index in [1.165, 1.54) is 19.3 Å². The molecule has 1 aliphatic carbocycles. The van der Waals surface area contributed by atoms with Crippen LogP contribution in [0.1, 0.15) is 45.4 Å². The van der Waals surface area contributed by atoms with Crippen LogP contribution in [0.25, 0.3) is 0 Å². The SMILES string of the molecule is CC1CCCC1NCCS(=O)(=O)NCC1CCCCO1. The van der Waals surface area contributed by atoms with Gasteiger partial charge in [0.15, 0.2) is 0 Å². The monoisotopic (exact) mass is 304 g/mol. The number of sulfonamides is 1. The molecule has 0 radical (unpaired) electrons. The first kappa shape index (κ1) is 16.2. The van der Waals surface area contributed by atoms with E-state index in [9.17, 15) is 8.42 Å². The first-order valence-electron chi connectivity index (χ1n) is 7.89. The second-order valence-electron chi connectivity index (χ2n) is 6.12. The summed E-state index contributed by atoms with van der Waals surface area (Å²) in [6, 6.07) is 0.492. The minimum absolute atomic E-state index is 0.0568. The van der Waals surface area contributed by atoms with Crippen LogP contribution in [-0.2, 0) is 14.8 Å². The Kier molecular flexibility index (Phi) is 6.26. The van der Waals surface area contributed by atoms with Gasteiger partial charge in [0.2, 0.25) is 10.0 Å². The molecule has 1 saturated carbocycles. The average Bonchev–Trinajstić information content (AvgIpc) is 2.83. The van der Waals surface area contributed by atoms with Gasteiger partial charge in [-0.25, -0.2) is 13.1 Å². The standard InChI is InChI=1S/C14H28N2O3S/c1-12-5-4-7-14(12)15-8-10-20(17,18)16-11-13-6-2-3-9-19-13/h12-16H,2-11H2,1H3. The van der Waals surface area contributed by atoms with Gasteiger partial charge in [-0.05, 0) is 38.0 Å². The Hall–Kier alpha value is -0.170. The lowest BCUT2D eigenvalue weighted by Gasteiger charge is -2.23. The smallest absolute Gasteiger partial charge is 0.212 e. The van der Waals surface area contributed by atoms with Gasteiger partial charge in [-0.1, -0.05) is 13.3 Å². The summed E-state index contributed by atoms with van der Waals surface area (Å²) < 4.78 is 32.0. The Labute approximate surface area is 122 Å². The first-order valence-corrected chi connectivity index (χ1v) is 9.54. The summed E-state index contributed by atoms with van der Waals surface area (Å²) in [6.07, 6.45) is 6.91. The van der Waals surface area contributed by atoms with Crippen molar-refractivity contribution < 1.29 is 13.2 Å². The van der Waals surface area contributed by atoms with Crippen molar-refractivity contribution in [2.24, 2.45) is 5.92 Å². The number of rotatable bonds is 7. The Morgan fingerprint density at radius 3 is 2.65 bits per heavy atom. The van der Waals surface area contributed by atoms with E-state index >= 15 is 0 Å². The molecule has 1 saturated heterocycles. The highest BCUT2D eigenvalue weighted by Crippen LogP contribution is 2.24. The number of nitrogens with one attached hydrogen (secondary N) is 2. The molecule has 20 heavy (non-hydrogen) atoms. The van der Waals surface area contributed by atoms with Gasteiger partial charge in [0.05, 0.1) is 11.9 Å². The maximum atomic E-state index is 11.9. The van der Waals surface area contributed by atoms with Crippen molar-refractivity contribution in [2.75, 3.05) is 25.4 Å². The summed E-state index contributed by atoms with van der Waals surface area (Å²) in [5.41, 5.74) is 0. The lowest BCUT2D eigenvalue weighted by molar-refractivity contribution is 0.0200. The van der Waals surface area contributed by atoms with E-state index in [-0.39, 0.29) is 11.9 Å². The molecule has 1 aliphatic heterocycles. The predicted octanol–water partition coefficient (Wildman–Crippen LogP) is 1.25. The largest absolute Gasteiger partial charge is 0.377 e. The third-order valence-electron chi connectivity index (χ3n) is 4.44. The van der Waals surface area contributed by atoms with Gasteiger partial charge < -0.3 is 10.1 Å². The number of hydrogen-bond donors (Lipinski definition) is 2. The van der Waals surface area contributed by atoms with Gasteiger partial charge in [-0.2, -0.15) is 0 Å². The fraction of sp³-hybridized carbons (Fsp3) is 1.00. The third kappa shape index (κ3) is 5.31. The van der Waals surface area contributed by atoms with Crippen LogP contribution in [0, 0.1) is 5.92 Å². The molecular formula is C14H28N2O3S. The summed E-state index contributed by atoms with van der Waals surface area (Å²) >= 11 is 0. The van der Waals surface area contributed by atoms with Crippen LogP contribution >= 0.6 is 0 Å². The molecule has 2 rings (SSSR count). The van der Waals surface area contributed by atoms with Crippen molar-refractivity contribution in [2.45, 2.75) is 57.6 Å². The molecule has 6 heteroatoms. The Balaban J connectivity index is 1.62. The van der Waals surface area contributed by atoms with Crippen molar-refractivity contribution in [1.82, 2.24) is 10.0 Å². The summed E-state index contributed by atoms with van der Waals surface area (Å²) in [5.74, 6) is 0.824. The quantitative estimate of drug-likeness (QED) is 0.743. The fourth-order valence-electron chi connectivity index (χ4n) is 3.09. The van der Waals surface area contributed by atoms with Crippen LogP contribution < -0.4 is 10.0 Å². The summed E-state index contributed by atoms with van der Waals surface area (Å²) in [7, 11) is -3.18. The normalized spacial score (nSPS) is 31.6. The fourth-order valence-corrected chi connectivity index (χ4v) is 4.06. The van der Waals surface area contributed by atoms with Crippen LogP contribution in [0.15, 0.2) is 0 Å². The summed E-state index contributed by atoms with van der Waals surface area (Å²) in [6.45, 7) is 3.95. The Morgan fingerprint density at radius 1 is 1.15 bits per heavy atom. The molecule has 0 aromatic heterocycles.